The predicted molar refractivity (Wildman–Crippen MR) is 104 cm³/mol. The summed E-state index contributed by atoms with van der Waals surface area (Å²) in [6.07, 6.45) is 5.96. The minimum absolute atomic E-state index is 0.665. The third-order valence-electron chi connectivity index (χ3n) is 4.75. The molecule has 130 valence electrons. The van der Waals surface area contributed by atoms with Crippen LogP contribution in [0.4, 0.5) is 0 Å². The van der Waals surface area contributed by atoms with Crippen LogP contribution in [0.5, 0.6) is 5.75 Å². The van der Waals surface area contributed by atoms with Crippen LogP contribution in [0.3, 0.4) is 0 Å². The molecule has 0 bridgehead atoms. The molecule has 0 aromatic heterocycles. The van der Waals surface area contributed by atoms with Gasteiger partial charge >= 0.3 is 0 Å². The summed E-state index contributed by atoms with van der Waals surface area (Å²) in [5.41, 5.74) is 5.24. The second kappa shape index (κ2) is 9.52. The molecule has 2 aromatic rings. The molecule has 0 saturated carbocycles. The molecule has 1 atom stereocenters. The van der Waals surface area contributed by atoms with E-state index in [9.17, 15) is 0 Å². The van der Waals surface area contributed by atoms with E-state index in [1.54, 1.807) is 0 Å². The Labute approximate surface area is 148 Å². The molecular weight excluding hydrogens is 292 g/mol. The van der Waals surface area contributed by atoms with Crippen molar-refractivity contribution >= 4 is 0 Å². The lowest BCUT2D eigenvalue weighted by atomic mass is 9.99. The van der Waals surface area contributed by atoms with Crippen LogP contribution >= 0.6 is 0 Å². The van der Waals surface area contributed by atoms with Crippen LogP contribution in [0.1, 0.15) is 61.8 Å². The van der Waals surface area contributed by atoms with Crippen LogP contribution in [-0.4, -0.2) is 6.61 Å². The van der Waals surface area contributed by atoms with Crippen LogP contribution in [0, 0.1) is 19.8 Å². The minimum atomic E-state index is 0.665. The summed E-state index contributed by atoms with van der Waals surface area (Å²) in [5, 5.41) is 0. The Hall–Kier alpha value is -1.76. The summed E-state index contributed by atoms with van der Waals surface area (Å²) in [6, 6.07) is 15.4. The van der Waals surface area contributed by atoms with E-state index in [2.05, 4.69) is 70.2 Å². The van der Waals surface area contributed by atoms with E-state index < -0.39 is 0 Å². The van der Waals surface area contributed by atoms with Crippen LogP contribution < -0.4 is 4.74 Å². The number of aryl methyl sites for hydroxylation is 2. The summed E-state index contributed by atoms with van der Waals surface area (Å²) >= 11 is 0. The van der Waals surface area contributed by atoms with Crippen molar-refractivity contribution in [1.82, 2.24) is 0 Å². The second-order valence-corrected chi connectivity index (χ2v) is 7.00. The molecule has 2 aromatic carbocycles. The van der Waals surface area contributed by atoms with Gasteiger partial charge < -0.3 is 4.74 Å². The third-order valence-corrected chi connectivity index (χ3v) is 4.75. The lowest BCUT2D eigenvalue weighted by Gasteiger charge is -2.18. The molecule has 0 radical (unpaired) electrons. The fourth-order valence-electron chi connectivity index (χ4n) is 3.02. The van der Waals surface area contributed by atoms with Crippen molar-refractivity contribution in [3.8, 4) is 5.75 Å². The Morgan fingerprint density at radius 3 is 2.29 bits per heavy atom. The van der Waals surface area contributed by atoms with E-state index in [1.807, 2.05) is 0 Å². The molecule has 0 heterocycles. The number of benzene rings is 2. The smallest absolute Gasteiger partial charge is 0.122 e. The minimum Gasteiger partial charge on any atom is -0.493 e. The highest BCUT2D eigenvalue weighted by atomic mass is 16.5. The summed E-state index contributed by atoms with van der Waals surface area (Å²) in [7, 11) is 0. The van der Waals surface area contributed by atoms with Crippen molar-refractivity contribution in [1.29, 1.82) is 0 Å². The summed E-state index contributed by atoms with van der Waals surface area (Å²) in [4.78, 5) is 0. The Morgan fingerprint density at radius 1 is 0.917 bits per heavy atom. The van der Waals surface area contributed by atoms with Crippen molar-refractivity contribution in [2.24, 2.45) is 5.92 Å². The summed E-state index contributed by atoms with van der Waals surface area (Å²) in [5.74, 6) is 1.72. The molecule has 2 rings (SSSR count). The van der Waals surface area contributed by atoms with Gasteiger partial charge in [-0.05, 0) is 43.4 Å². The number of unbranched alkanes of at least 4 members (excludes halogenated alkanes) is 1. The molecule has 0 fully saturated rings. The van der Waals surface area contributed by atoms with Gasteiger partial charge in [-0.2, -0.15) is 0 Å². The molecule has 1 heteroatoms. The van der Waals surface area contributed by atoms with Crippen molar-refractivity contribution in [2.75, 3.05) is 6.61 Å². The Morgan fingerprint density at radius 2 is 1.62 bits per heavy atom. The first-order valence-electron chi connectivity index (χ1n) is 9.40. The van der Waals surface area contributed by atoms with Crippen LogP contribution in [-0.2, 0) is 6.42 Å². The lowest BCUT2D eigenvalue weighted by molar-refractivity contribution is 0.231. The molecule has 0 aliphatic carbocycles. The van der Waals surface area contributed by atoms with Crippen LogP contribution in [0.2, 0.25) is 0 Å². The van der Waals surface area contributed by atoms with E-state index in [-0.39, 0.29) is 0 Å². The first kappa shape index (κ1) is 18.6. The van der Waals surface area contributed by atoms with Crippen molar-refractivity contribution in [3.05, 3.63) is 64.7 Å². The van der Waals surface area contributed by atoms with Gasteiger partial charge in [-0.25, -0.2) is 0 Å². The highest BCUT2D eigenvalue weighted by Gasteiger charge is 2.10. The largest absolute Gasteiger partial charge is 0.493 e. The van der Waals surface area contributed by atoms with Gasteiger partial charge in [0.15, 0.2) is 0 Å². The van der Waals surface area contributed by atoms with Crippen molar-refractivity contribution < 1.29 is 4.74 Å². The molecule has 1 unspecified atom stereocenters. The highest BCUT2D eigenvalue weighted by molar-refractivity contribution is 5.40. The molecule has 0 saturated heterocycles. The third kappa shape index (κ3) is 5.70. The normalized spacial score (nSPS) is 12.2. The van der Waals surface area contributed by atoms with E-state index in [0.29, 0.717) is 5.92 Å². The average molecular weight is 325 g/mol. The Bertz CT molecular complexity index is 612. The lowest BCUT2D eigenvalue weighted by Crippen LogP contribution is -2.12. The van der Waals surface area contributed by atoms with E-state index in [4.69, 9.17) is 4.74 Å². The molecule has 1 nitrogen and oxygen atoms in total. The zero-order valence-electron chi connectivity index (χ0n) is 15.8. The molecule has 0 spiro atoms. The van der Waals surface area contributed by atoms with Gasteiger partial charge in [-0.15, -0.1) is 0 Å². The molecule has 0 N–H and O–H groups in total. The molecule has 0 amide bonds. The number of rotatable bonds is 9. The Kier molecular flexibility index (Phi) is 7.36. The predicted octanol–water partition coefficient (Wildman–Crippen LogP) is 6.49. The van der Waals surface area contributed by atoms with Gasteiger partial charge in [-0.1, -0.05) is 80.6 Å². The number of ether oxygens (including phenoxy) is 1. The monoisotopic (exact) mass is 324 g/mol. The molecule has 0 aliphatic heterocycles. The van der Waals surface area contributed by atoms with Gasteiger partial charge in [0.05, 0.1) is 6.61 Å². The first-order chi connectivity index (χ1) is 11.6. The van der Waals surface area contributed by atoms with Crippen molar-refractivity contribution in [2.45, 2.75) is 59.8 Å². The SMILES string of the molecule is CCCCC(CC)COc1ccc(C)cc1Cc1ccc(C)cc1. The molecule has 0 aliphatic rings. The fourth-order valence-corrected chi connectivity index (χ4v) is 3.02. The maximum Gasteiger partial charge on any atom is 0.122 e. The van der Waals surface area contributed by atoms with E-state index >= 15 is 0 Å². The van der Waals surface area contributed by atoms with Gasteiger partial charge in [0.25, 0.3) is 0 Å². The second-order valence-electron chi connectivity index (χ2n) is 7.00. The summed E-state index contributed by atoms with van der Waals surface area (Å²) in [6.45, 7) is 9.64. The zero-order chi connectivity index (χ0) is 17.4. The van der Waals surface area contributed by atoms with Crippen LogP contribution in [0.25, 0.3) is 0 Å². The fraction of sp³-hybridized carbons (Fsp3) is 0.478. The molecule has 24 heavy (non-hydrogen) atoms. The Balaban J connectivity index is 2.07. The van der Waals surface area contributed by atoms with Gasteiger partial charge in [-0.3, -0.25) is 0 Å². The van der Waals surface area contributed by atoms with Gasteiger partial charge in [0, 0.05) is 6.42 Å². The van der Waals surface area contributed by atoms with Crippen molar-refractivity contribution in [3.63, 3.8) is 0 Å². The quantitative estimate of drug-likeness (QED) is 0.512. The van der Waals surface area contributed by atoms with Gasteiger partial charge in [0.1, 0.15) is 5.75 Å². The topological polar surface area (TPSA) is 9.23 Å². The molecular formula is C23H32O. The standard InChI is InChI=1S/C23H32O/c1-5-7-8-20(6-2)17-24-23-14-11-19(4)15-22(23)16-21-12-9-18(3)10-13-21/h9-15,20H,5-8,16-17H2,1-4H3. The zero-order valence-corrected chi connectivity index (χ0v) is 15.8. The van der Waals surface area contributed by atoms with E-state index in [0.717, 1.165) is 18.8 Å². The average Bonchev–Trinajstić information content (AvgIpc) is 2.58. The van der Waals surface area contributed by atoms with E-state index in [1.165, 1.54) is 47.9 Å². The summed E-state index contributed by atoms with van der Waals surface area (Å²) < 4.78 is 6.24. The number of hydrogen-bond donors (Lipinski definition) is 0. The van der Waals surface area contributed by atoms with Crippen LogP contribution in [0.15, 0.2) is 42.5 Å². The first-order valence-corrected chi connectivity index (χ1v) is 9.40. The van der Waals surface area contributed by atoms with Gasteiger partial charge in [0.2, 0.25) is 0 Å². The number of hydrogen-bond acceptors (Lipinski definition) is 1. The maximum atomic E-state index is 6.24. The highest BCUT2D eigenvalue weighted by Crippen LogP contribution is 2.25. The maximum absolute atomic E-state index is 6.24.